The number of nitrogens with two attached hydrogens (primary N) is 1. The standard InChI is InChI=1S/C12H19ClN2O2S/c1-3-5-10(4-2)15-18(16,17)12-7-6-9(14)8-11(12)13/h6-8,10,15H,3-5,14H2,1-2H3. The monoisotopic (exact) mass is 290 g/mol. The number of nitrogen functional groups attached to an aromatic ring is 1. The van der Waals surface area contributed by atoms with E-state index in [1.807, 2.05) is 13.8 Å². The van der Waals surface area contributed by atoms with E-state index < -0.39 is 10.0 Å². The van der Waals surface area contributed by atoms with E-state index in [-0.39, 0.29) is 16.0 Å². The molecule has 0 saturated heterocycles. The predicted molar refractivity (Wildman–Crippen MR) is 75.2 cm³/mol. The van der Waals surface area contributed by atoms with Gasteiger partial charge >= 0.3 is 0 Å². The first kappa shape index (κ1) is 15.3. The zero-order valence-corrected chi connectivity index (χ0v) is 12.2. The van der Waals surface area contributed by atoms with E-state index >= 15 is 0 Å². The van der Waals surface area contributed by atoms with Crippen molar-refractivity contribution in [2.75, 3.05) is 5.73 Å². The van der Waals surface area contributed by atoms with Gasteiger partial charge in [-0.05, 0) is 31.0 Å². The number of nitrogens with one attached hydrogen (secondary N) is 1. The Morgan fingerprint density at radius 3 is 2.56 bits per heavy atom. The Morgan fingerprint density at radius 2 is 2.06 bits per heavy atom. The third-order valence-electron chi connectivity index (χ3n) is 2.70. The molecule has 1 atom stereocenters. The van der Waals surface area contributed by atoms with Crippen LogP contribution in [0.1, 0.15) is 33.1 Å². The zero-order chi connectivity index (χ0) is 13.8. The highest BCUT2D eigenvalue weighted by Gasteiger charge is 2.21. The molecule has 4 nitrogen and oxygen atoms in total. The third kappa shape index (κ3) is 3.86. The van der Waals surface area contributed by atoms with E-state index in [2.05, 4.69) is 4.72 Å². The molecule has 0 bridgehead atoms. The van der Waals surface area contributed by atoms with Gasteiger partial charge in [0.05, 0.1) is 5.02 Å². The smallest absolute Gasteiger partial charge is 0.242 e. The quantitative estimate of drug-likeness (QED) is 0.791. The Labute approximate surface area is 114 Å². The Morgan fingerprint density at radius 1 is 1.39 bits per heavy atom. The Hall–Kier alpha value is -0.780. The van der Waals surface area contributed by atoms with Gasteiger partial charge in [-0.2, -0.15) is 0 Å². The maximum Gasteiger partial charge on any atom is 0.242 e. The normalized spacial score (nSPS) is 13.5. The summed E-state index contributed by atoms with van der Waals surface area (Å²) in [6.07, 6.45) is 2.48. The maximum absolute atomic E-state index is 12.2. The largest absolute Gasteiger partial charge is 0.399 e. The first-order valence-electron chi connectivity index (χ1n) is 5.98. The molecular weight excluding hydrogens is 272 g/mol. The van der Waals surface area contributed by atoms with Gasteiger partial charge in [0.15, 0.2) is 0 Å². The Bertz CT molecular complexity index is 503. The second-order valence-electron chi connectivity index (χ2n) is 4.20. The van der Waals surface area contributed by atoms with Crippen molar-refractivity contribution in [1.29, 1.82) is 0 Å². The molecule has 18 heavy (non-hydrogen) atoms. The van der Waals surface area contributed by atoms with Gasteiger partial charge in [0.2, 0.25) is 10.0 Å². The van der Waals surface area contributed by atoms with Crippen LogP contribution in [0.2, 0.25) is 5.02 Å². The number of anilines is 1. The zero-order valence-electron chi connectivity index (χ0n) is 10.6. The number of rotatable bonds is 6. The number of sulfonamides is 1. The molecule has 1 aromatic rings. The molecule has 1 aromatic carbocycles. The van der Waals surface area contributed by atoms with Gasteiger partial charge in [0, 0.05) is 11.7 Å². The van der Waals surface area contributed by atoms with Crippen LogP contribution in [0.4, 0.5) is 5.69 Å². The molecule has 1 rings (SSSR count). The summed E-state index contributed by atoms with van der Waals surface area (Å²) in [6, 6.07) is 4.34. The van der Waals surface area contributed by atoms with Gasteiger partial charge in [-0.3, -0.25) is 0 Å². The summed E-state index contributed by atoms with van der Waals surface area (Å²) in [5.41, 5.74) is 5.99. The molecule has 6 heteroatoms. The lowest BCUT2D eigenvalue weighted by Gasteiger charge is -2.16. The van der Waals surface area contributed by atoms with Crippen LogP contribution in [0, 0.1) is 0 Å². The van der Waals surface area contributed by atoms with Crippen molar-refractivity contribution in [2.24, 2.45) is 0 Å². The van der Waals surface area contributed by atoms with Crippen LogP contribution in [-0.4, -0.2) is 14.5 Å². The molecule has 0 aliphatic rings. The first-order chi connectivity index (χ1) is 8.40. The minimum absolute atomic E-state index is 0.0615. The fraction of sp³-hybridized carbons (Fsp3) is 0.500. The van der Waals surface area contributed by atoms with Crippen LogP contribution in [0.15, 0.2) is 23.1 Å². The molecule has 0 fully saturated rings. The van der Waals surface area contributed by atoms with Crippen molar-refractivity contribution in [1.82, 2.24) is 4.72 Å². The molecule has 0 amide bonds. The number of hydrogen-bond donors (Lipinski definition) is 2. The average molecular weight is 291 g/mol. The fourth-order valence-corrected chi connectivity index (χ4v) is 3.62. The Kier molecular flexibility index (Phi) is 5.44. The van der Waals surface area contributed by atoms with Crippen LogP contribution in [0.3, 0.4) is 0 Å². The molecule has 1 unspecified atom stereocenters. The van der Waals surface area contributed by atoms with Gasteiger partial charge in [0.25, 0.3) is 0 Å². The van der Waals surface area contributed by atoms with Gasteiger partial charge < -0.3 is 5.73 Å². The summed E-state index contributed by atoms with van der Waals surface area (Å²) in [5.74, 6) is 0. The number of halogens is 1. The first-order valence-corrected chi connectivity index (χ1v) is 7.84. The van der Waals surface area contributed by atoms with Crippen molar-refractivity contribution in [3.8, 4) is 0 Å². The lowest BCUT2D eigenvalue weighted by atomic mass is 10.1. The molecule has 3 N–H and O–H groups in total. The van der Waals surface area contributed by atoms with E-state index in [0.29, 0.717) is 5.69 Å². The van der Waals surface area contributed by atoms with Crippen molar-refractivity contribution in [2.45, 2.75) is 44.0 Å². The average Bonchev–Trinajstić information content (AvgIpc) is 2.27. The van der Waals surface area contributed by atoms with Crippen molar-refractivity contribution in [3.05, 3.63) is 23.2 Å². The van der Waals surface area contributed by atoms with E-state index in [0.717, 1.165) is 19.3 Å². The van der Waals surface area contributed by atoms with Crippen LogP contribution >= 0.6 is 11.6 Å². The van der Waals surface area contributed by atoms with Gasteiger partial charge in [-0.25, -0.2) is 13.1 Å². The van der Waals surface area contributed by atoms with Crippen LogP contribution < -0.4 is 10.5 Å². The van der Waals surface area contributed by atoms with Gasteiger partial charge in [-0.15, -0.1) is 0 Å². The van der Waals surface area contributed by atoms with Crippen molar-refractivity contribution >= 4 is 27.3 Å². The summed E-state index contributed by atoms with van der Waals surface area (Å²) < 4.78 is 27.0. The van der Waals surface area contributed by atoms with Crippen LogP contribution in [-0.2, 0) is 10.0 Å². The molecule has 0 heterocycles. The van der Waals surface area contributed by atoms with Crippen LogP contribution in [0.5, 0.6) is 0 Å². The Balaban J connectivity index is 2.99. The molecule has 0 aromatic heterocycles. The summed E-state index contributed by atoms with van der Waals surface area (Å²) in [5, 5.41) is 0.147. The molecule has 0 aliphatic heterocycles. The summed E-state index contributed by atoms with van der Waals surface area (Å²) in [7, 11) is -3.58. The topological polar surface area (TPSA) is 72.2 Å². The van der Waals surface area contributed by atoms with Crippen molar-refractivity contribution in [3.63, 3.8) is 0 Å². The highest BCUT2D eigenvalue weighted by atomic mass is 35.5. The van der Waals surface area contributed by atoms with Crippen molar-refractivity contribution < 1.29 is 8.42 Å². The maximum atomic E-state index is 12.2. The predicted octanol–water partition coefficient (Wildman–Crippen LogP) is 2.78. The number of hydrogen-bond acceptors (Lipinski definition) is 3. The lowest BCUT2D eigenvalue weighted by Crippen LogP contribution is -2.34. The minimum atomic E-state index is -3.58. The number of benzene rings is 1. The second-order valence-corrected chi connectivity index (χ2v) is 6.29. The molecule has 102 valence electrons. The minimum Gasteiger partial charge on any atom is -0.399 e. The van der Waals surface area contributed by atoms with E-state index in [1.165, 1.54) is 18.2 Å². The van der Waals surface area contributed by atoms with E-state index in [4.69, 9.17) is 17.3 Å². The molecular formula is C12H19ClN2O2S. The SMILES string of the molecule is CCCC(CC)NS(=O)(=O)c1ccc(N)cc1Cl. The highest BCUT2D eigenvalue weighted by molar-refractivity contribution is 7.89. The second kappa shape index (κ2) is 6.41. The summed E-state index contributed by atoms with van der Waals surface area (Å²) >= 11 is 5.92. The molecule has 0 aliphatic carbocycles. The van der Waals surface area contributed by atoms with Gasteiger partial charge in [0.1, 0.15) is 4.90 Å². The van der Waals surface area contributed by atoms with Gasteiger partial charge in [-0.1, -0.05) is 31.9 Å². The molecule has 0 radical (unpaired) electrons. The fourth-order valence-electron chi connectivity index (χ4n) is 1.71. The summed E-state index contributed by atoms with van der Waals surface area (Å²) in [4.78, 5) is 0.0768. The lowest BCUT2D eigenvalue weighted by molar-refractivity contribution is 0.512. The highest BCUT2D eigenvalue weighted by Crippen LogP contribution is 2.24. The summed E-state index contributed by atoms with van der Waals surface area (Å²) in [6.45, 7) is 3.97. The molecule has 0 saturated carbocycles. The van der Waals surface area contributed by atoms with E-state index in [1.54, 1.807) is 0 Å². The molecule has 0 spiro atoms. The third-order valence-corrected chi connectivity index (χ3v) is 4.70. The van der Waals surface area contributed by atoms with E-state index in [9.17, 15) is 8.42 Å². The van der Waals surface area contributed by atoms with Crippen LogP contribution in [0.25, 0.3) is 0 Å².